The van der Waals surface area contributed by atoms with Gasteiger partial charge in [0.2, 0.25) is 0 Å². The lowest BCUT2D eigenvalue weighted by atomic mass is 10.1. The van der Waals surface area contributed by atoms with Crippen molar-refractivity contribution < 1.29 is 28.2 Å². The number of nitrogens with zero attached hydrogens (tertiary/aromatic N) is 1. The van der Waals surface area contributed by atoms with E-state index < -0.39 is 34.9 Å². The molecule has 8 heteroatoms. The fraction of sp³-hybridized carbons (Fsp3) is 0.440. The van der Waals surface area contributed by atoms with Gasteiger partial charge in [-0.2, -0.15) is 0 Å². The Morgan fingerprint density at radius 2 is 1.61 bits per heavy atom. The molecule has 0 unspecified atom stereocenters. The first-order valence-electron chi connectivity index (χ1n) is 11.2. The molecule has 0 aliphatic heterocycles. The molecule has 0 radical (unpaired) electrons. The number of ether oxygens (including phenoxy) is 1. The van der Waals surface area contributed by atoms with Crippen molar-refractivity contribution in [2.24, 2.45) is 0 Å². The number of carbonyl (C=O) groups is 2. The van der Waals surface area contributed by atoms with E-state index in [1.807, 2.05) is 0 Å². The Bertz CT molecular complexity index is 912. The third-order valence-corrected chi connectivity index (χ3v) is 5.20. The number of benzene rings is 2. The van der Waals surface area contributed by atoms with E-state index in [1.165, 1.54) is 24.8 Å². The second kappa shape index (κ2) is 12.2. The molecule has 6 nitrogen and oxygen atoms in total. The van der Waals surface area contributed by atoms with Crippen LogP contribution >= 0.6 is 0 Å². The molecule has 2 aromatic rings. The van der Waals surface area contributed by atoms with E-state index >= 15 is 0 Å². The minimum atomic E-state index is -1.38. The quantitative estimate of drug-likeness (QED) is 0.368. The fourth-order valence-electron chi connectivity index (χ4n) is 3.18. The van der Waals surface area contributed by atoms with Crippen LogP contribution in [-0.2, 0) is 11.3 Å². The number of nitrogens with one attached hydrogen (secondary N) is 1. The molecule has 0 fully saturated rings. The van der Waals surface area contributed by atoms with Gasteiger partial charge in [-0.1, -0.05) is 50.8 Å². The highest BCUT2D eigenvalue weighted by Gasteiger charge is 2.29. The molecule has 0 aliphatic carbocycles. The van der Waals surface area contributed by atoms with Crippen molar-refractivity contribution in [3.8, 4) is 5.75 Å². The van der Waals surface area contributed by atoms with Crippen molar-refractivity contribution in [3.05, 3.63) is 59.7 Å². The minimum Gasteiger partial charge on any atom is -0.478 e. The maximum Gasteiger partial charge on any atom is 0.347 e. The zero-order chi connectivity index (χ0) is 24.4. The van der Waals surface area contributed by atoms with Crippen LogP contribution in [0.25, 0.3) is 0 Å². The van der Waals surface area contributed by atoms with Crippen LogP contribution in [0.15, 0.2) is 42.5 Å². The van der Waals surface area contributed by atoms with E-state index in [4.69, 9.17) is 4.74 Å². The molecular weight excluding hydrogens is 430 g/mol. The summed E-state index contributed by atoms with van der Waals surface area (Å²) >= 11 is 0. The van der Waals surface area contributed by atoms with E-state index in [2.05, 4.69) is 12.2 Å². The molecule has 180 valence electrons. The van der Waals surface area contributed by atoms with E-state index in [9.17, 15) is 23.5 Å². The number of anilines is 1. The number of hydrogen-bond acceptors (Lipinski definition) is 3. The minimum absolute atomic E-state index is 0.221. The molecule has 0 heterocycles. The Kier molecular flexibility index (Phi) is 9.63. The van der Waals surface area contributed by atoms with Crippen molar-refractivity contribution >= 4 is 17.7 Å². The van der Waals surface area contributed by atoms with Crippen LogP contribution in [0.3, 0.4) is 0 Å². The second-order valence-corrected chi connectivity index (χ2v) is 8.42. The predicted molar refractivity (Wildman–Crippen MR) is 123 cm³/mol. The summed E-state index contributed by atoms with van der Waals surface area (Å²) in [5.74, 6) is -2.38. The zero-order valence-electron chi connectivity index (χ0n) is 19.4. The number of hydrogen-bond donors (Lipinski definition) is 2. The van der Waals surface area contributed by atoms with Crippen LogP contribution in [-0.4, -0.2) is 34.2 Å². The van der Waals surface area contributed by atoms with Crippen molar-refractivity contribution in [3.63, 3.8) is 0 Å². The Labute approximate surface area is 193 Å². The van der Waals surface area contributed by atoms with Crippen LogP contribution in [0, 0.1) is 11.6 Å². The predicted octanol–water partition coefficient (Wildman–Crippen LogP) is 6.21. The molecule has 2 N–H and O–H groups in total. The lowest BCUT2D eigenvalue weighted by Crippen LogP contribution is -2.37. The molecule has 0 atom stereocenters. The molecule has 0 saturated carbocycles. The highest BCUT2D eigenvalue weighted by atomic mass is 19.1. The first kappa shape index (κ1) is 26.1. The number of carboxylic acids is 1. The average molecular weight is 463 g/mol. The normalized spacial score (nSPS) is 11.2. The van der Waals surface area contributed by atoms with Gasteiger partial charge in [-0.05, 0) is 50.1 Å². The van der Waals surface area contributed by atoms with Crippen molar-refractivity contribution in [2.45, 2.75) is 65.0 Å². The number of carbonyl (C=O) groups excluding carboxylic acids is 1. The summed E-state index contributed by atoms with van der Waals surface area (Å²) in [4.78, 5) is 25.6. The molecule has 2 amide bonds. The Balaban J connectivity index is 2.11. The van der Waals surface area contributed by atoms with Crippen molar-refractivity contribution in [1.29, 1.82) is 0 Å². The number of carboxylic acid groups (broad SMARTS) is 1. The first-order chi connectivity index (χ1) is 15.6. The largest absolute Gasteiger partial charge is 0.478 e. The summed E-state index contributed by atoms with van der Waals surface area (Å²) in [6.07, 6.45) is 4.98. The van der Waals surface area contributed by atoms with Crippen LogP contribution < -0.4 is 10.1 Å². The molecule has 0 spiro atoms. The molecule has 0 aliphatic rings. The van der Waals surface area contributed by atoms with Gasteiger partial charge in [0.1, 0.15) is 23.1 Å². The number of halogens is 2. The molecule has 0 aromatic heterocycles. The van der Waals surface area contributed by atoms with Crippen molar-refractivity contribution in [2.75, 3.05) is 11.9 Å². The van der Waals surface area contributed by atoms with Gasteiger partial charge in [-0.25, -0.2) is 18.4 Å². The maximum absolute atomic E-state index is 14.0. The summed E-state index contributed by atoms with van der Waals surface area (Å²) in [7, 11) is 0. The highest BCUT2D eigenvalue weighted by molar-refractivity contribution is 5.89. The van der Waals surface area contributed by atoms with Gasteiger partial charge in [-0.3, -0.25) is 0 Å². The van der Waals surface area contributed by atoms with Crippen LogP contribution in [0.1, 0.15) is 58.4 Å². The number of urea groups is 1. The van der Waals surface area contributed by atoms with E-state index in [1.54, 1.807) is 24.3 Å². The number of aliphatic carboxylic acids is 1. The van der Waals surface area contributed by atoms with Gasteiger partial charge in [0.15, 0.2) is 5.60 Å². The highest BCUT2D eigenvalue weighted by Crippen LogP contribution is 2.22. The Morgan fingerprint density at radius 3 is 2.18 bits per heavy atom. The monoisotopic (exact) mass is 462 g/mol. The van der Waals surface area contributed by atoms with Gasteiger partial charge < -0.3 is 20.1 Å². The molecule has 33 heavy (non-hydrogen) atoms. The fourth-order valence-corrected chi connectivity index (χ4v) is 3.18. The zero-order valence-corrected chi connectivity index (χ0v) is 19.4. The average Bonchev–Trinajstić information content (AvgIpc) is 2.76. The lowest BCUT2D eigenvalue weighted by molar-refractivity contribution is -0.152. The summed E-state index contributed by atoms with van der Waals surface area (Å²) in [6, 6.07) is 9.55. The molecular formula is C25H32F2N2O4. The van der Waals surface area contributed by atoms with Crippen LogP contribution in [0.5, 0.6) is 5.75 Å². The van der Waals surface area contributed by atoms with Crippen LogP contribution in [0.2, 0.25) is 0 Å². The standard InChI is InChI=1S/C25H32F2N2O4/c1-4-5-6-7-8-16-29(24(32)28-22-20(26)10-9-11-21(22)27)17-18-12-14-19(15-13-18)33-25(2,3)23(30)31/h9-15H,4-8,16-17H2,1-3H3,(H,28,32)(H,30,31). The van der Waals surface area contributed by atoms with Gasteiger partial charge in [-0.15, -0.1) is 0 Å². The molecule has 2 rings (SSSR count). The van der Waals surface area contributed by atoms with Crippen molar-refractivity contribution in [1.82, 2.24) is 4.90 Å². The number of rotatable bonds is 12. The summed E-state index contributed by atoms with van der Waals surface area (Å²) in [5.41, 5.74) is -1.08. The third kappa shape index (κ3) is 8.04. The van der Waals surface area contributed by atoms with E-state index in [-0.39, 0.29) is 6.54 Å². The number of para-hydroxylation sites is 1. The number of unbranched alkanes of at least 4 members (excludes halogenated alkanes) is 4. The Morgan fingerprint density at radius 1 is 1.00 bits per heavy atom. The molecule has 0 saturated heterocycles. The Hall–Kier alpha value is -3.16. The summed E-state index contributed by atoms with van der Waals surface area (Å²) in [6.45, 7) is 5.67. The lowest BCUT2D eigenvalue weighted by Gasteiger charge is -2.24. The van der Waals surface area contributed by atoms with Crippen LogP contribution in [0.4, 0.5) is 19.3 Å². The SMILES string of the molecule is CCCCCCCN(Cc1ccc(OC(C)(C)C(=O)O)cc1)C(=O)Nc1c(F)cccc1F. The number of amides is 2. The van der Waals surface area contributed by atoms with Gasteiger partial charge in [0.05, 0.1) is 0 Å². The summed E-state index contributed by atoms with van der Waals surface area (Å²) < 4.78 is 33.5. The van der Waals surface area contributed by atoms with E-state index in [0.29, 0.717) is 12.3 Å². The second-order valence-electron chi connectivity index (χ2n) is 8.42. The maximum atomic E-state index is 14.0. The first-order valence-corrected chi connectivity index (χ1v) is 11.2. The van der Waals surface area contributed by atoms with E-state index in [0.717, 1.165) is 49.8 Å². The molecule has 2 aromatic carbocycles. The molecule has 0 bridgehead atoms. The topological polar surface area (TPSA) is 78.9 Å². The summed E-state index contributed by atoms with van der Waals surface area (Å²) in [5, 5.41) is 11.6. The smallest absolute Gasteiger partial charge is 0.347 e. The van der Waals surface area contributed by atoms with Gasteiger partial charge in [0, 0.05) is 13.1 Å². The van der Waals surface area contributed by atoms with Gasteiger partial charge in [0.25, 0.3) is 0 Å². The third-order valence-electron chi connectivity index (χ3n) is 5.20. The van der Waals surface area contributed by atoms with Gasteiger partial charge >= 0.3 is 12.0 Å².